The average molecular weight is 464 g/mol. The summed E-state index contributed by atoms with van der Waals surface area (Å²) in [6, 6.07) is 15.0. The van der Waals surface area contributed by atoms with E-state index in [1.165, 1.54) is 11.0 Å². The molecule has 1 N–H and O–H groups in total. The minimum absolute atomic E-state index is 0.0643. The summed E-state index contributed by atoms with van der Waals surface area (Å²) in [6.45, 7) is 5.80. The molecule has 0 bridgehead atoms. The van der Waals surface area contributed by atoms with Crippen molar-refractivity contribution in [2.24, 2.45) is 11.8 Å². The van der Waals surface area contributed by atoms with Gasteiger partial charge in [-0.2, -0.15) is 0 Å². The van der Waals surface area contributed by atoms with Crippen LogP contribution in [0.4, 0.5) is 10.1 Å². The second kappa shape index (κ2) is 9.84. The van der Waals surface area contributed by atoms with Crippen molar-refractivity contribution < 1.29 is 23.8 Å². The van der Waals surface area contributed by atoms with E-state index < -0.39 is 11.8 Å². The maximum Gasteiger partial charge on any atom is 0.337 e. The molecule has 1 saturated carbocycles. The third-order valence-corrected chi connectivity index (χ3v) is 6.61. The average Bonchev–Trinajstić information content (AvgIpc) is 2.80. The fourth-order valence-corrected chi connectivity index (χ4v) is 4.70. The summed E-state index contributed by atoms with van der Waals surface area (Å²) in [4.78, 5) is 27.0. The van der Waals surface area contributed by atoms with Crippen LogP contribution >= 0.6 is 0 Å². The van der Waals surface area contributed by atoms with Gasteiger partial charge in [0.1, 0.15) is 5.75 Å². The minimum atomic E-state index is -1.24. The SMILES string of the molecule is CC(C)N(c1cc(F)c(Oc2ccc3ccccc3c2)cc1C(=O)O)C(=O)[C@H]1CC[C@H](C)CC1. The van der Waals surface area contributed by atoms with E-state index in [-0.39, 0.29) is 34.9 Å². The summed E-state index contributed by atoms with van der Waals surface area (Å²) < 4.78 is 21.0. The number of carboxylic acid groups (broad SMARTS) is 1. The molecule has 0 saturated heterocycles. The van der Waals surface area contributed by atoms with Crippen LogP contribution in [0, 0.1) is 17.7 Å². The number of carboxylic acids is 1. The molecule has 34 heavy (non-hydrogen) atoms. The Balaban J connectivity index is 1.69. The molecule has 0 spiro atoms. The molecule has 0 atom stereocenters. The highest BCUT2D eigenvalue weighted by atomic mass is 19.1. The van der Waals surface area contributed by atoms with Gasteiger partial charge in [0, 0.05) is 24.1 Å². The number of benzene rings is 3. The number of hydrogen-bond donors (Lipinski definition) is 1. The second-order valence-corrected chi connectivity index (χ2v) is 9.47. The van der Waals surface area contributed by atoms with E-state index in [0.717, 1.165) is 42.5 Å². The van der Waals surface area contributed by atoms with Crippen molar-refractivity contribution in [3.8, 4) is 11.5 Å². The third-order valence-electron chi connectivity index (χ3n) is 6.61. The lowest BCUT2D eigenvalue weighted by atomic mass is 9.82. The van der Waals surface area contributed by atoms with Crippen molar-refractivity contribution in [1.82, 2.24) is 0 Å². The molecule has 5 nitrogen and oxygen atoms in total. The highest BCUT2D eigenvalue weighted by molar-refractivity contribution is 6.03. The van der Waals surface area contributed by atoms with Gasteiger partial charge in [0.15, 0.2) is 11.6 Å². The Morgan fingerprint density at radius 1 is 1.00 bits per heavy atom. The van der Waals surface area contributed by atoms with Crippen LogP contribution in [0.2, 0.25) is 0 Å². The molecule has 0 radical (unpaired) electrons. The first kappa shape index (κ1) is 23.7. The molecule has 1 aliphatic carbocycles. The molecular weight excluding hydrogens is 433 g/mol. The molecular formula is C28H30FNO4. The third kappa shape index (κ3) is 4.91. The van der Waals surface area contributed by atoms with Gasteiger partial charge in [0.05, 0.1) is 11.3 Å². The number of carbonyl (C=O) groups excluding carboxylic acids is 1. The van der Waals surface area contributed by atoms with E-state index in [4.69, 9.17) is 4.74 Å². The van der Waals surface area contributed by atoms with E-state index in [1.807, 2.05) is 44.2 Å². The molecule has 0 heterocycles. The number of hydrogen-bond acceptors (Lipinski definition) is 3. The van der Waals surface area contributed by atoms with Crippen molar-refractivity contribution >= 4 is 28.3 Å². The number of rotatable bonds is 6. The van der Waals surface area contributed by atoms with E-state index in [0.29, 0.717) is 11.7 Å². The van der Waals surface area contributed by atoms with Crippen LogP contribution in [0.3, 0.4) is 0 Å². The smallest absolute Gasteiger partial charge is 0.337 e. The predicted octanol–water partition coefficient (Wildman–Crippen LogP) is 7.04. The van der Waals surface area contributed by atoms with E-state index in [2.05, 4.69) is 6.92 Å². The quantitative estimate of drug-likeness (QED) is 0.426. The number of carbonyl (C=O) groups is 2. The van der Waals surface area contributed by atoms with Crippen molar-refractivity contribution in [2.75, 3.05) is 4.90 Å². The monoisotopic (exact) mass is 463 g/mol. The number of amides is 1. The fourth-order valence-electron chi connectivity index (χ4n) is 4.70. The molecule has 1 aliphatic rings. The Morgan fingerprint density at radius 2 is 1.68 bits per heavy atom. The fraction of sp³-hybridized carbons (Fsp3) is 0.357. The van der Waals surface area contributed by atoms with Gasteiger partial charge in [0.25, 0.3) is 0 Å². The van der Waals surface area contributed by atoms with Crippen LogP contribution in [-0.2, 0) is 4.79 Å². The molecule has 3 aromatic rings. The molecule has 1 amide bonds. The number of fused-ring (bicyclic) bond motifs is 1. The standard InChI is InChI=1S/C28H30FNO4/c1-17(2)30(27(31)20-10-8-18(3)9-11-20)25-16-24(29)26(15-23(25)28(32)33)34-22-13-12-19-6-4-5-7-21(19)14-22/h4-7,12-18,20H,8-11H2,1-3H3,(H,32,33)/t18-,20-. The van der Waals surface area contributed by atoms with Crippen LogP contribution in [0.5, 0.6) is 11.5 Å². The topological polar surface area (TPSA) is 66.8 Å². The lowest BCUT2D eigenvalue weighted by Gasteiger charge is -2.34. The number of nitrogens with zero attached hydrogens (tertiary/aromatic N) is 1. The Labute approximate surface area is 199 Å². The largest absolute Gasteiger partial charge is 0.478 e. The van der Waals surface area contributed by atoms with Crippen LogP contribution in [0.25, 0.3) is 10.8 Å². The number of aromatic carboxylic acids is 1. The van der Waals surface area contributed by atoms with Crippen molar-refractivity contribution in [1.29, 1.82) is 0 Å². The number of halogens is 1. The van der Waals surface area contributed by atoms with Crippen LogP contribution in [0.15, 0.2) is 54.6 Å². The van der Waals surface area contributed by atoms with E-state index in [1.54, 1.807) is 12.1 Å². The Kier molecular flexibility index (Phi) is 6.87. The lowest BCUT2D eigenvalue weighted by Crippen LogP contribution is -2.43. The summed E-state index contributed by atoms with van der Waals surface area (Å²) in [6.07, 6.45) is 3.44. The van der Waals surface area contributed by atoms with Crippen LogP contribution < -0.4 is 9.64 Å². The summed E-state index contributed by atoms with van der Waals surface area (Å²) >= 11 is 0. The first-order valence-corrected chi connectivity index (χ1v) is 11.8. The van der Waals surface area contributed by atoms with Crippen molar-refractivity contribution in [3.63, 3.8) is 0 Å². The van der Waals surface area contributed by atoms with Gasteiger partial charge in [0.2, 0.25) is 5.91 Å². The number of ether oxygens (including phenoxy) is 1. The molecule has 3 aromatic carbocycles. The van der Waals surface area contributed by atoms with Crippen LogP contribution in [-0.4, -0.2) is 23.0 Å². The van der Waals surface area contributed by atoms with Gasteiger partial charge < -0.3 is 14.7 Å². The number of anilines is 1. The van der Waals surface area contributed by atoms with E-state index in [9.17, 15) is 14.7 Å². The van der Waals surface area contributed by atoms with Gasteiger partial charge in [-0.05, 0) is 68.4 Å². The lowest BCUT2D eigenvalue weighted by molar-refractivity contribution is -0.123. The molecule has 0 unspecified atom stereocenters. The molecule has 0 aromatic heterocycles. The summed E-state index contributed by atoms with van der Waals surface area (Å²) in [5.74, 6) is -1.51. The van der Waals surface area contributed by atoms with Gasteiger partial charge in [-0.25, -0.2) is 9.18 Å². The van der Waals surface area contributed by atoms with E-state index >= 15 is 4.39 Å². The zero-order valence-electron chi connectivity index (χ0n) is 19.8. The molecule has 0 aliphatic heterocycles. The maximum atomic E-state index is 15.2. The minimum Gasteiger partial charge on any atom is -0.478 e. The Morgan fingerprint density at radius 3 is 2.32 bits per heavy atom. The highest BCUT2D eigenvalue weighted by Crippen LogP contribution is 2.36. The summed E-state index contributed by atoms with van der Waals surface area (Å²) in [5.41, 5.74) is -0.0992. The van der Waals surface area contributed by atoms with Crippen molar-refractivity contribution in [2.45, 2.75) is 52.5 Å². The molecule has 4 rings (SSSR count). The van der Waals surface area contributed by atoms with Gasteiger partial charge in [-0.3, -0.25) is 4.79 Å². The second-order valence-electron chi connectivity index (χ2n) is 9.47. The van der Waals surface area contributed by atoms with Gasteiger partial charge in [-0.15, -0.1) is 0 Å². The molecule has 1 fully saturated rings. The highest BCUT2D eigenvalue weighted by Gasteiger charge is 2.33. The van der Waals surface area contributed by atoms with Gasteiger partial charge in [-0.1, -0.05) is 37.3 Å². The first-order chi connectivity index (χ1) is 16.2. The summed E-state index contributed by atoms with van der Waals surface area (Å²) in [7, 11) is 0. The normalized spacial score (nSPS) is 18.1. The first-order valence-electron chi connectivity index (χ1n) is 11.8. The molecule has 6 heteroatoms. The zero-order chi connectivity index (χ0) is 24.4. The molecule has 178 valence electrons. The Hall–Kier alpha value is -3.41. The van der Waals surface area contributed by atoms with Crippen LogP contribution in [0.1, 0.15) is 56.8 Å². The maximum absolute atomic E-state index is 15.2. The van der Waals surface area contributed by atoms with Crippen molar-refractivity contribution in [3.05, 3.63) is 66.0 Å². The summed E-state index contributed by atoms with van der Waals surface area (Å²) in [5, 5.41) is 11.9. The Bertz CT molecular complexity index is 1210. The van der Waals surface area contributed by atoms with Gasteiger partial charge >= 0.3 is 5.97 Å². The zero-order valence-corrected chi connectivity index (χ0v) is 19.8. The predicted molar refractivity (Wildman–Crippen MR) is 131 cm³/mol.